The Labute approximate surface area is 179 Å². The van der Waals surface area contributed by atoms with Crippen LogP contribution in [0.2, 0.25) is 0 Å². The van der Waals surface area contributed by atoms with Crippen LogP contribution in [0.25, 0.3) is 5.57 Å². The fourth-order valence-electron chi connectivity index (χ4n) is 3.36. The van der Waals surface area contributed by atoms with Crippen molar-refractivity contribution in [3.63, 3.8) is 0 Å². The van der Waals surface area contributed by atoms with Crippen molar-refractivity contribution in [3.8, 4) is 5.75 Å². The minimum atomic E-state index is -0.485. The van der Waals surface area contributed by atoms with E-state index < -0.39 is 17.6 Å². The number of benzene rings is 2. The molecular weight excluding hydrogens is 397 g/mol. The lowest BCUT2D eigenvalue weighted by Crippen LogP contribution is -2.32. The number of hydrogen-bond donors (Lipinski definition) is 1. The SMILES string of the molecule is CCOc1ccccc1NC1=C(c2ccc(F)cc2)C(=O)N(Cc2ccccn2)C1=O. The monoisotopic (exact) mass is 417 g/mol. The zero-order valence-electron chi connectivity index (χ0n) is 16.8. The van der Waals surface area contributed by atoms with E-state index in [0.29, 0.717) is 29.3 Å². The number of anilines is 1. The van der Waals surface area contributed by atoms with Crippen molar-refractivity contribution in [2.45, 2.75) is 13.5 Å². The van der Waals surface area contributed by atoms with Crippen LogP contribution in [0, 0.1) is 5.82 Å². The number of halogens is 1. The van der Waals surface area contributed by atoms with Crippen molar-refractivity contribution in [1.82, 2.24) is 9.88 Å². The third-order valence-electron chi connectivity index (χ3n) is 4.79. The molecule has 6 nitrogen and oxygen atoms in total. The molecule has 0 saturated carbocycles. The number of rotatable bonds is 7. The summed E-state index contributed by atoms with van der Waals surface area (Å²) in [7, 11) is 0. The van der Waals surface area contributed by atoms with E-state index in [2.05, 4.69) is 10.3 Å². The number of amides is 2. The average molecular weight is 417 g/mol. The van der Waals surface area contributed by atoms with Crippen LogP contribution in [0.1, 0.15) is 18.2 Å². The Morgan fingerprint density at radius 3 is 2.42 bits per heavy atom. The molecule has 31 heavy (non-hydrogen) atoms. The van der Waals surface area contributed by atoms with Gasteiger partial charge < -0.3 is 10.1 Å². The van der Waals surface area contributed by atoms with E-state index >= 15 is 0 Å². The first kappa shape index (κ1) is 20.3. The first-order valence-electron chi connectivity index (χ1n) is 9.83. The average Bonchev–Trinajstić information content (AvgIpc) is 3.01. The summed E-state index contributed by atoms with van der Waals surface area (Å²) in [5.41, 5.74) is 1.87. The minimum Gasteiger partial charge on any atom is -0.492 e. The number of carbonyl (C=O) groups excluding carboxylic acids is 2. The molecule has 1 N–H and O–H groups in total. The quantitative estimate of drug-likeness (QED) is 0.588. The third-order valence-corrected chi connectivity index (χ3v) is 4.79. The summed E-state index contributed by atoms with van der Waals surface area (Å²) < 4.78 is 19.1. The highest BCUT2D eigenvalue weighted by Crippen LogP contribution is 2.34. The highest BCUT2D eigenvalue weighted by atomic mass is 19.1. The molecule has 0 radical (unpaired) electrons. The van der Waals surface area contributed by atoms with Crippen LogP contribution in [-0.2, 0) is 16.1 Å². The molecule has 0 aliphatic carbocycles. The Morgan fingerprint density at radius 1 is 0.968 bits per heavy atom. The zero-order valence-corrected chi connectivity index (χ0v) is 16.8. The summed E-state index contributed by atoms with van der Waals surface area (Å²) in [4.78, 5) is 31.9. The molecule has 1 aliphatic rings. The lowest BCUT2D eigenvalue weighted by atomic mass is 10.0. The molecule has 156 valence electrons. The number of para-hydroxylation sites is 2. The number of ether oxygens (including phenoxy) is 1. The van der Waals surface area contributed by atoms with Crippen LogP contribution in [0.3, 0.4) is 0 Å². The molecule has 0 saturated heterocycles. The molecule has 4 rings (SSSR count). The fraction of sp³-hybridized carbons (Fsp3) is 0.125. The lowest BCUT2D eigenvalue weighted by molar-refractivity contribution is -0.137. The van der Waals surface area contributed by atoms with Gasteiger partial charge >= 0.3 is 0 Å². The van der Waals surface area contributed by atoms with Gasteiger partial charge in [0.05, 0.1) is 30.1 Å². The van der Waals surface area contributed by atoms with Crippen molar-refractivity contribution in [2.75, 3.05) is 11.9 Å². The van der Waals surface area contributed by atoms with Gasteiger partial charge in [0.2, 0.25) is 0 Å². The first-order chi connectivity index (χ1) is 15.1. The molecule has 1 aliphatic heterocycles. The number of aromatic nitrogens is 1. The van der Waals surface area contributed by atoms with Crippen LogP contribution in [0.5, 0.6) is 5.75 Å². The summed E-state index contributed by atoms with van der Waals surface area (Å²) in [5, 5.41) is 3.08. The van der Waals surface area contributed by atoms with Crippen LogP contribution in [0.4, 0.5) is 10.1 Å². The smallest absolute Gasteiger partial charge is 0.278 e. The topological polar surface area (TPSA) is 71.5 Å². The summed E-state index contributed by atoms with van der Waals surface area (Å²) in [6, 6.07) is 17.9. The van der Waals surface area contributed by atoms with Gasteiger partial charge in [0, 0.05) is 6.20 Å². The van der Waals surface area contributed by atoms with Crippen molar-refractivity contribution in [1.29, 1.82) is 0 Å². The highest BCUT2D eigenvalue weighted by molar-refractivity contribution is 6.36. The molecule has 7 heteroatoms. The van der Waals surface area contributed by atoms with E-state index in [1.54, 1.807) is 42.6 Å². The van der Waals surface area contributed by atoms with Gasteiger partial charge in [-0.2, -0.15) is 0 Å². The molecule has 2 aromatic carbocycles. The van der Waals surface area contributed by atoms with Crippen LogP contribution < -0.4 is 10.1 Å². The van der Waals surface area contributed by atoms with Crippen molar-refractivity contribution < 1.29 is 18.7 Å². The molecule has 3 aromatic rings. The van der Waals surface area contributed by atoms with E-state index in [0.717, 1.165) is 4.90 Å². The van der Waals surface area contributed by atoms with E-state index in [-0.39, 0.29) is 17.8 Å². The third kappa shape index (κ3) is 4.16. The highest BCUT2D eigenvalue weighted by Gasteiger charge is 2.39. The van der Waals surface area contributed by atoms with E-state index in [9.17, 15) is 14.0 Å². The Bertz CT molecular complexity index is 1140. The van der Waals surface area contributed by atoms with Crippen molar-refractivity contribution in [2.24, 2.45) is 0 Å². The molecule has 1 aromatic heterocycles. The Balaban J connectivity index is 1.76. The summed E-state index contributed by atoms with van der Waals surface area (Å²) >= 11 is 0. The van der Waals surface area contributed by atoms with Gasteiger partial charge in [-0.05, 0) is 48.9 Å². The van der Waals surface area contributed by atoms with Gasteiger partial charge in [-0.15, -0.1) is 0 Å². The lowest BCUT2D eigenvalue weighted by Gasteiger charge is -2.15. The fourth-order valence-corrected chi connectivity index (χ4v) is 3.36. The Morgan fingerprint density at radius 2 is 1.71 bits per heavy atom. The number of nitrogens with zero attached hydrogens (tertiary/aromatic N) is 2. The molecular formula is C24H20FN3O3. The second kappa shape index (κ2) is 8.79. The van der Waals surface area contributed by atoms with E-state index in [4.69, 9.17) is 4.74 Å². The zero-order chi connectivity index (χ0) is 21.8. The van der Waals surface area contributed by atoms with E-state index in [1.165, 1.54) is 24.3 Å². The standard InChI is InChI=1S/C24H20FN3O3/c1-2-31-20-9-4-3-8-19(20)27-22-21(16-10-12-17(25)13-11-16)23(29)28(24(22)30)15-18-7-5-6-14-26-18/h3-14,27H,2,15H2,1H3. The maximum Gasteiger partial charge on any atom is 0.278 e. The normalized spacial score (nSPS) is 13.7. The maximum absolute atomic E-state index is 13.5. The number of hydrogen-bond acceptors (Lipinski definition) is 5. The van der Waals surface area contributed by atoms with Gasteiger partial charge in [0.1, 0.15) is 17.3 Å². The Hall–Kier alpha value is -4.00. The molecule has 0 spiro atoms. The van der Waals surface area contributed by atoms with Crippen molar-refractivity contribution >= 4 is 23.1 Å². The predicted octanol–water partition coefficient (Wildman–Crippen LogP) is 4.01. The molecule has 0 fully saturated rings. The van der Waals surface area contributed by atoms with Gasteiger partial charge in [0.15, 0.2) is 0 Å². The van der Waals surface area contributed by atoms with Gasteiger partial charge in [-0.1, -0.05) is 30.3 Å². The molecule has 0 atom stereocenters. The summed E-state index contributed by atoms with van der Waals surface area (Å²) in [5.74, 6) is -0.832. The maximum atomic E-state index is 13.5. The van der Waals surface area contributed by atoms with Gasteiger partial charge in [-0.25, -0.2) is 4.39 Å². The number of carbonyl (C=O) groups is 2. The molecule has 0 bridgehead atoms. The number of nitrogens with one attached hydrogen (secondary N) is 1. The largest absolute Gasteiger partial charge is 0.492 e. The molecule has 0 unspecified atom stereocenters. The number of imide groups is 1. The predicted molar refractivity (Wildman–Crippen MR) is 114 cm³/mol. The first-order valence-corrected chi connectivity index (χ1v) is 9.83. The second-order valence-corrected chi connectivity index (χ2v) is 6.83. The minimum absolute atomic E-state index is 0.0293. The second-order valence-electron chi connectivity index (χ2n) is 6.83. The number of pyridine rings is 1. The molecule has 2 heterocycles. The van der Waals surface area contributed by atoms with Crippen LogP contribution in [-0.4, -0.2) is 28.3 Å². The van der Waals surface area contributed by atoms with Crippen molar-refractivity contribution in [3.05, 3.63) is 95.7 Å². The van der Waals surface area contributed by atoms with Gasteiger partial charge in [-0.3, -0.25) is 19.5 Å². The summed E-state index contributed by atoms with van der Waals surface area (Å²) in [6.45, 7) is 2.33. The van der Waals surface area contributed by atoms with Crippen LogP contribution in [0.15, 0.2) is 78.6 Å². The van der Waals surface area contributed by atoms with Gasteiger partial charge in [0.25, 0.3) is 11.8 Å². The van der Waals surface area contributed by atoms with E-state index in [1.807, 2.05) is 13.0 Å². The Kier molecular flexibility index (Phi) is 5.75. The molecule has 2 amide bonds. The summed E-state index contributed by atoms with van der Waals surface area (Å²) in [6.07, 6.45) is 1.60. The van der Waals surface area contributed by atoms with Crippen LogP contribution >= 0.6 is 0 Å².